The van der Waals surface area contributed by atoms with Gasteiger partial charge in [-0.15, -0.1) is 0 Å². The van der Waals surface area contributed by atoms with E-state index in [0.29, 0.717) is 18.8 Å². The first kappa shape index (κ1) is 35.9. The summed E-state index contributed by atoms with van der Waals surface area (Å²) in [4.78, 5) is 12.9. The lowest BCUT2D eigenvalue weighted by atomic mass is 9.88. The highest BCUT2D eigenvalue weighted by molar-refractivity contribution is 7.89. The van der Waals surface area contributed by atoms with Crippen molar-refractivity contribution in [3.05, 3.63) is 96.1 Å². The van der Waals surface area contributed by atoms with E-state index in [0.717, 1.165) is 11.1 Å². The van der Waals surface area contributed by atoms with Crippen LogP contribution in [0.2, 0.25) is 0 Å². The first-order valence-electron chi connectivity index (χ1n) is 15.5. The number of alkyl carbamates (subject to hydrolysis) is 1. The van der Waals surface area contributed by atoms with Crippen LogP contribution in [0.3, 0.4) is 0 Å². The van der Waals surface area contributed by atoms with Crippen molar-refractivity contribution in [3.8, 4) is 11.8 Å². The van der Waals surface area contributed by atoms with Crippen molar-refractivity contribution in [3.63, 3.8) is 0 Å². The molecule has 0 aliphatic carbocycles. The molecular weight excluding hydrogens is 622 g/mol. The van der Waals surface area contributed by atoms with E-state index in [-0.39, 0.29) is 50.8 Å². The number of aliphatic hydroxyl groups is 1. The highest BCUT2D eigenvalue weighted by Gasteiger charge is 2.35. The summed E-state index contributed by atoms with van der Waals surface area (Å²) in [6.07, 6.45) is -1.81. The van der Waals surface area contributed by atoms with Crippen molar-refractivity contribution in [2.45, 2.75) is 62.9 Å². The Balaban J connectivity index is 1.55. The van der Waals surface area contributed by atoms with Crippen molar-refractivity contribution in [2.24, 2.45) is 5.41 Å². The number of sulfonamides is 1. The fourth-order valence-electron chi connectivity index (χ4n) is 5.15. The minimum Gasteiger partial charge on any atom is -0.489 e. The van der Waals surface area contributed by atoms with E-state index < -0.39 is 39.8 Å². The van der Waals surface area contributed by atoms with Gasteiger partial charge in [0.1, 0.15) is 19.1 Å². The first-order valence-corrected chi connectivity index (χ1v) is 17.0. The van der Waals surface area contributed by atoms with E-state index >= 15 is 0 Å². The number of rotatable bonds is 16. The number of aliphatic hydroxyl groups excluding tert-OH is 1. The molecule has 4 rings (SSSR count). The molecule has 12 heteroatoms. The number of ether oxygens (including phenoxy) is 4. The summed E-state index contributed by atoms with van der Waals surface area (Å²) in [5.74, 6) is 0.508. The number of benzene rings is 3. The molecule has 2 N–H and O–H groups in total. The van der Waals surface area contributed by atoms with Gasteiger partial charge in [-0.3, -0.25) is 0 Å². The molecular formula is C35H43N3O8S. The van der Waals surface area contributed by atoms with Crippen LogP contribution in [-0.4, -0.2) is 75.3 Å². The molecule has 0 radical (unpaired) electrons. The molecule has 1 aliphatic rings. The summed E-state index contributed by atoms with van der Waals surface area (Å²) in [5.41, 5.74) is 1.21. The second kappa shape index (κ2) is 17.2. The predicted molar refractivity (Wildman–Crippen MR) is 175 cm³/mol. The van der Waals surface area contributed by atoms with Gasteiger partial charge in [0.15, 0.2) is 6.10 Å². The average Bonchev–Trinajstić information content (AvgIpc) is 3.07. The van der Waals surface area contributed by atoms with Crippen LogP contribution in [0, 0.1) is 16.7 Å². The number of nitrogens with zero attached hydrogens (tertiary/aromatic N) is 2. The van der Waals surface area contributed by atoms with Gasteiger partial charge in [0.25, 0.3) is 0 Å². The van der Waals surface area contributed by atoms with Crippen molar-refractivity contribution < 1.29 is 37.3 Å². The number of hydrogen-bond donors (Lipinski definition) is 2. The molecule has 47 heavy (non-hydrogen) atoms. The lowest BCUT2D eigenvalue weighted by Gasteiger charge is -2.35. The molecule has 11 nitrogen and oxygen atoms in total. The summed E-state index contributed by atoms with van der Waals surface area (Å²) in [6.45, 7) is 4.28. The maximum atomic E-state index is 14.1. The van der Waals surface area contributed by atoms with E-state index in [1.165, 1.54) is 16.4 Å². The molecule has 0 aromatic heterocycles. The average molecular weight is 666 g/mol. The third kappa shape index (κ3) is 11.3. The predicted octanol–water partition coefficient (Wildman–Crippen LogP) is 4.66. The summed E-state index contributed by atoms with van der Waals surface area (Å²) in [7, 11) is -4.14. The van der Waals surface area contributed by atoms with E-state index in [2.05, 4.69) is 11.4 Å². The summed E-state index contributed by atoms with van der Waals surface area (Å²) in [6, 6.07) is 26.3. The Labute approximate surface area is 277 Å². The number of hydrogen-bond acceptors (Lipinski definition) is 9. The quantitative estimate of drug-likeness (QED) is 0.223. The number of carbonyl (C=O) groups is 1. The van der Waals surface area contributed by atoms with Gasteiger partial charge in [-0.2, -0.15) is 9.57 Å². The lowest BCUT2D eigenvalue weighted by molar-refractivity contribution is -0.151. The highest BCUT2D eigenvalue weighted by Crippen LogP contribution is 2.29. The van der Waals surface area contributed by atoms with Gasteiger partial charge in [-0.1, -0.05) is 74.5 Å². The Morgan fingerprint density at radius 1 is 1.02 bits per heavy atom. The van der Waals surface area contributed by atoms with Gasteiger partial charge >= 0.3 is 6.09 Å². The lowest BCUT2D eigenvalue weighted by Crippen LogP contribution is -2.52. The zero-order valence-corrected chi connectivity index (χ0v) is 27.6. The molecule has 0 unspecified atom stereocenters. The van der Waals surface area contributed by atoms with Crippen molar-refractivity contribution in [1.82, 2.24) is 9.62 Å². The largest absolute Gasteiger partial charge is 0.489 e. The molecule has 2 atom stereocenters. The molecule has 0 saturated carbocycles. The van der Waals surface area contributed by atoms with Crippen LogP contribution in [0.25, 0.3) is 0 Å². The fourth-order valence-corrected chi connectivity index (χ4v) is 6.80. The Hall–Kier alpha value is -3.99. The van der Waals surface area contributed by atoms with Crippen molar-refractivity contribution >= 4 is 16.1 Å². The molecule has 3 aromatic rings. The van der Waals surface area contributed by atoms with Gasteiger partial charge in [0.05, 0.1) is 36.3 Å². The molecule has 1 aliphatic heterocycles. The van der Waals surface area contributed by atoms with E-state index in [1.54, 1.807) is 12.1 Å². The summed E-state index contributed by atoms with van der Waals surface area (Å²) < 4.78 is 51.2. The van der Waals surface area contributed by atoms with Gasteiger partial charge in [-0.25, -0.2) is 13.2 Å². The maximum absolute atomic E-state index is 14.1. The third-order valence-electron chi connectivity index (χ3n) is 7.73. The van der Waals surface area contributed by atoms with Gasteiger partial charge in [0, 0.05) is 19.5 Å². The molecule has 3 aromatic carbocycles. The van der Waals surface area contributed by atoms with Gasteiger partial charge < -0.3 is 29.4 Å². The molecule has 1 saturated heterocycles. The Bertz CT molecular complexity index is 1540. The zero-order chi connectivity index (χ0) is 33.7. The second-order valence-electron chi connectivity index (χ2n) is 12.3. The Morgan fingerprint density at radius 3 is 2.26 bits per heavy atom. The summed E-state index contributed by atoms with van der Waals surface area (Å²) >= 11 is 0. The highest BCUT2D eigenvalue weighted by atomic mass is 32.2. The van der Waals surface area contributed by atoms with Crippen LogP contribution in [0.4, 0.5) is 4.79 Å². The van der Waals surface area contributed by atoms with Gasteiger partial charge in [0.2, 0.25) is 10.0 Å². The topological polar surface area (TPSA) is 147 Å². The van der Waals surface area contributed by atoms with Crippen molar-refractivity contribution in [2.75, 3.05) is 33.1 Å². The van der Waals surface area contributed by atoms with Crippen LogP contribution in [0.15, 0.2) is 89.8 Å². The van der Waals surface area contributed by atoms with Crippen LogP contribution in [0.5, 0.6) is 5.75 Å². The number of nitriles is 1. The van der Waals surface area contributed by atoms with Crippen LogP contribution >= 0.6 is 0 Å². The molecule has 1 heterocycles. The van der Waals surface area contributed by atoms with Crippen LogP contribution < -0.4 is 10.1 Å². The SMILES string of the molecule is CC(C)(CCC#N)CN(C[C@@H](O)[C@H](Cc1ccccc1)NC(=O)OC1COCOC1)S(=O)(=O)c1ccc(OCc2ccccc2)cc1. The molecule has 0 spiro atoms. The monoisotopic (exact) mass is 665 g/mol. The normalized spacial score (nSPS) is 15.4. The third-order valence-corrected chi connectivity index (χ3v) is 9.56. The minimum atomic E-state index is -4.14. The van der Waals surface area contributed by atoms with E-state index in [1.807, 2.05) is 74.5 Å². The molecule has 1 fully saturated rings. The fraction of sp³-hybridized carbons (Fsp3) is 0.429. The molecule has 1 amide bonds. The molecule has 0 bridgehead atoms. The Kier molecular flexibility index (Phi) is 13.2. The minimum absolute atomic E-state index is 0.0251. The molecule has 252 valence electrons. The zero-order valence-electron chi connectivity index (χ0n) is 26.8. The number of carbonyl (C=O) groups excluding carboxylic acids is 1. The number of amides is 1. The van der Waals surface area contributed by atoms with Gasteiger partial charge in [-0.05, 0) is 53.6 Å². The van der Waals surface area contributed by atoms with Crippen LogP contribution in [-0.2, 0) is 37.3 Å². The van der Waals surface area contributed by atoms with Crippen molar-refractivity contribution in [1.29, 1.82) is 5.26 Å². The smallest absolute Gasteiger partial charge is 0.407 e. The summed E-state index contributed by atoms with van der Waals surface area (Å²) in [5, 5.41) is 23.5. The Morgan fingerprint density at radius 2 is 1.64 bits per heavy atom. The maximum Gasteiger partial charge on any atom is 0.407 e. The number of nitrogens with one attached hydrogen (secondary N) is 1. The standard InChI is InChI=1S/C35H43N3O8S/c1-35(2,18-9-19-36)25-38(47(41,42)31-16-14-29(15-17-31)45-22-28-12-7-4-8-13-28)21-33(39)32(20-27-10-5-3-6-11-27)37-34(40)46-30-23-43-26-44-24-30/h3-8,10-17,30,32-33,39H,9,18,20-26H2,1-2H3,(H,37,40)/t32-,33+/m0/s1. The van der Waals surface area contributed by atoms with E-state index in [4.69, 9.17) is 18.9 Å². The second-order valence-corrected chi connectivity index (χ2v) is 14.2. The van der Waals surface area contributed by atoms with E-state index in [9.17, 15) is 23.6 Å². The van der Waals surface area contributed by atoms with Crippen LogP contribution in [0.1, 0.15) is 37.8 Å². The first-order chi connectivity index (χ1) is 22.6.